The van der Waals surface area contributed by atoms with Gasteiger partial charge in [0.2, 0.25) is 0 Å². The van der Waals surface area contributed by atoms with E-state index in [2.05, 4.69) is 6.07 Å². The maximum Gasteiger partial charge on any atom is 0.315 e. The first-order chi connectivity index (χ1) is 19.5. The van der Waals surface area contributed by atoms with Crippen molar-refractivity contribution in [3.8, 4) is 34.4 Å². The first-order valence-corrected chi connectivity index (χ1v) is 12.8. The minimum Gasteiger partial charge on any atom is -0.496 e. The molecule has 0 saturated heterocycles. The van der Waals surface area contributed by atoms with Crippen molar-refractivity contribution in [1.82, 2.24) is 0 Å². The van der Waals surface area contributed by atoms with Crippen LogP contribution in [-0.2, 0) is 9.59 Å². The molecule has 1 aliphatic rings. The first-order valence-electron chi connectivity index (χ1n) is 12.8. The average molecular weight is 534 g/mol. The van der Waals surface area contributed by atoms with Crippen LogP contribution in [0.2, 0.25) is 0 Å². The van der Waals surface area contributed by atoms with Crippen LogP contribution in [0.5, 0.6) is 17.2 Å². The first kappa shape index (κ1) is 26.5. The van der Waals surface area contributed by atoms with Crippen LogP contribution in [-0.4, -0.2) is 31.3 Å². The van der Waals surface area contributed by atoms with E-state index < -0.39 is 35.6 Å². The molecular weight excluding hydrogens is 506 g/mol. The lowest BCUT2D eigenvalue weighted by Gasteiger charge is -2.49. The number of carbonyl (C=O) groups is 2. The van der Waals surface area contributed by atoms with Gasteiger partial charge in [-0.05, 0) is 58.7 Å². The normalized spacial score (nSPS) is 19.5. The molecule has 0 aromatic heterocycles. The molecule has 40 heavy (non-hydrogen) atoms. The molecule has 7 nitrogen and oxygen atoms in total. The van der Waals surface area contributed by atoms with Crippen LogP contribution in [0.15, 0.2) is 97.1 Å². The maximum absolute atomic E-state index is 13.9. The van der Waals surface area contributed by atoms with E-state index >= 15 is 0 Å². The molecule has 4 atom stereocenters. The Bertz CT molecular complexity index is 1530. The van der Waals surface area contributed by atoms with Crippen molar-refractivity contribution in [2.75, 3.05) is 14.2 Å². The summed E-state index contributed by atoms with van der Waals surface area (Å²) in [4.78, 5) is 26.6. The standard InChI is InChI=1S/C33H27NO6/c1-38-26-12-5-3-10-24(26)28-30(32(35)36)29(25-11-4-6-13-27(25)39-2)31(28)33(37)40-23-9-7-8-22(18-23)21-16-14-20(19-34)15-17-21/h3-18,28-31H,1-2H3,(H,35,36)/t28-,29?,30-,31-/m1/s1. The largest absolute Gasteiger partial charge is 0.496 e. The fourth-order valence-corrected chi connectivity index (χ4v) is 5.67. The van der Waals surface area contributed by atoms with Crippen molar-refractivity contribution < 1.29 is 28.9 Å². The van der Waals surface area contributed by atoms with Gasteiger partial charge in [0, 0.05) is 11.8 Å². The zero-order valence-corrected chi connectivity index (χ0v) is 22.0. The second-order valence-electron chi connectivity index (χ2n) is 9.56. The van der Waals surface area contributed by atoms with Crippen molar-refractivity contribution in [1.29, 1.82) is 5.26 Å². The predicted molar refractivity (Wildman–Crippen MR) is 148 cm³/mol. The van der Waals surface area contributed by atoms with Crippen LogP contribution in [0.3, 0.4) is 0 Å². The number of hydrogen-bond donors (Lipinski definition) is 1. The van der Waals surface area contributed by atoms with Gasteiger partial charge in [-0.2, -0.15) is 5.26 Å². The summed E-state index contributed by atoms with van der Waals surface area (Å²) in [5.41, 5.74) is 3.50. The summed E-state index contributed by atoms with van der Waals surface area (Å²) in [7, 11) is 3.04. The summed E-state index contributed by atoms with van der Waals surface area (Å²) in [6, 6.07) is 30.6. The van der Waals surface area contributed by atoms with Crippen molar-refractivity contribution in [2.24, 2.45) is 11.8 Å². The molecule has 0 heterocycles. The van der Waals surface area contributed by atoms with Gasteiger partial charge in [0.1, 0.15) is 17.2 Å². The molecule has 7 heteroatoms. The number of rotatable bonds is 8. The molecule has 1 aliphatic carbocycles. The zero-order chi connectivity index (χ0) is 28.2. The Balaban J connectivity index is 1.54. The van der Waals surface area contributed by atoms with Crippen molar-refractivity contribution >= 4 is 11.9 Å². The lowest BCUT2D eigenvalue weighted by molar-refractivity contribution is -0.158. The van der Waals surface area contributed by atoms with Gasteiger partial charge >= 0.3 is 11.9 Å². The van der Waals surface area contributed by atoms with E-state index in [-0.39, 0.29) is 0 Å². The molecule has 5 rings (SSSR count). The quantitative estimate of drug-likeness (QED) is 0.217. The molecule has 1 saturated carbocycles. The Morgan fingerprint density at radius 1 is 0.725 bits per heavy atom. The Labute approximate surface area is 232 Å². The highest BCUT2D eigenvalue weighted by Crippen LogP contribution is 2.60. The van der Waals surface area contributed by atoms with Crippen LogP contribution in [0, 0.1) is 23.2 Å². The Morgan fingerprint density at radius 3 is 1.82 bits per heavy atom. The number of ether oxygens (including phenoxy) is 3. The highest BCUT2D eigenvalue weighted by molar-refractivity contribution is 5.86. The molecule has 4 aromatic rings. The van der Waals surface area contributed by atoms with Gasteiger partial charge in [-0.1, -0.05) is 60.7 Å². The summed E-state index contributed by atoms with van der Waals surface area (Å²) < 4.78 is 17.0. The third-order valence-corrected chi connectivity index (χ3v) is 7.50. The summed E-state index contributed by atoms with van der Waals surface area (Å²) in [5, 5.41) is 19.4. The van der Waals surface area contributed by atoms with Crippen molar-refractivity contribution in [2.45, 2.75) is 11.8 Å². The maximum atomic E-state index is 13.9. The number of hydrogen-bond acceptors (Lipinski definition) is 6. The SMILES string of the molecule is COc1ccccc1C1[C@H](C(=O)O)[C@@H](c2ccccc2OC)[C@H]1C(=O)Oc1cccc(-c2ccc(C#N)cc2)c1. The number of benzene rings is 4. The number of aliphatic carboxylic acids is 1. The Morgan fingerprint density at radius 2 is 1.30 bits per heavy atom. The summed E-state index contributed by atoms with van der Waals surface area (Å²) in [5.74, 6) is -3.28. The van der Waals surface area contributed by atoms with E-state index in [9.17, 15) is 14.7 Å². The van der Waals surface area contributed by atoms with E-state index in [0.29, 0.717) is 33.9 Å². The van der Waals surface area contributed by atoms with Gasteiger partial charge in [-0.3, -0.25) is 9.59 Å². The monoisotopic (exact) mass is 533 g/mol. The lowest BCUT2D eigenvalue weighted by atomic mass is 9.52. The second-order valence-corrected chi connectivity index (χ2v) is 9.56. The van der Waals surface area contributed by atoms with Crippen molar-refractivity contribution in [3.63, 3.8) is 0 Å². The highest BCUT2D eigenvalue weighted by atomic mass is 16.5. The molecule has 0 radical (unpaired) electrons. The number of carboxylic acid groups (broad SMARTS) is 1. The van der Waals surface area contributed by atoms with E-state index in [1.807, 2.05) is 18.2 Å². The van der Waals surface area contributed by atoms with Crippen LogP contribution in [0.25, 0.3) is 11.1 Å². The van der Waals surface area contributed by atoms with E-state index in [1.54, 1.807) is 78.9 Å². The molecule has 4 aromatic carbocycles. The molecule has 1 fully saturated rings. The number of nitriles is 1. The van der Waals surface area contributed by atoms with Gasteiger partial charge in [0.25, 0.3) is 0 Å². The van der Waals surface area contributed by atoms with E-state index in [4.69, 9.17) is 19.5 Å². The summed E-state index contributed by atoms with van der Waals surface area (Å²) in [6.07, 6.45) is 0. The molecule has 1 N–H and O–H groups in total. The smallest absolute Gasteiger partial charge is 0.315 e. The topological polar surface area (TPSA) is 106 Å². The summed E-state index contributed by atoms with van der Waals surface area (Å²) in [6.45, 7) is 0. The number of para-hydroxylation sites is 2. The van der Waals surface area contributed by atoms with Gasteiger partial charge in [-0.15, -0.1) is 0 Å². The minimum atomic E-state index is -1.02. The molecule has 200 valence electrons. The number of nitrogens with zero attached hydrogens (tertiary/aromatic N) is 1. The molecule has 0 aliphatic heterocycles. The number of carboxylic acids is 1. The Hall–Kier alpha value is -5.09. The van der Waals surface area contributed by atoms with Crippen LogP contribution >= 0.6 is 0 Å². The minimum absolute atomic E-state index is 0.336. The Kier molecular flexibility index (Phi) is 7.52. The number of methoxy groups -OCH3 is 2. The molecule has 0 bridgehead atoms. The second kappa shape index (κ2) is 11.3. The van der Waals surface area contributed by atoms with Crippen molar-refractivity contribution in [3.05, 3.63) is 114 Å². The van der Waals surface area contributed by atoms with Gasteiger partial charge in [-0.25, -0.2) is 0 Å². The predicted octanol–water partition coefficient (Wildman–Crippen LogP) is 6.05. The highest BCUT2D eigenvalue weighted by Gasteiger charge is 2.60. The van der Waals surface area contributed by atoms with Gasteiger partial charge in [0.15, 0.2) is 0 Å². The number of esters is 1. The summed E-state index contributed by atoms with van der Waals surface area (Å²) >= 11 is 0. The number of carbonyl (C=O) groups excluding carboxylic acids is 1. The molecular formula is C33H27NO6. The molecule has 0 spiro atoms. The van der Waals surface area contributed by atoms with E-state index in [0.717, 1.165) is 11.1 Å². The fourth-order valence-electron chi connectivity index (χ4n) is 5.67. The van der Waals surface area contributed by atoms with Crippen LogP contribution in [0.4, 0.5) is 0 Å². The van der Waals surface area contributed by atoms with Gasteiger partial charge < -0.3 is 19.3 Å². The van der Waals surface area contributed by atoms with Gasteiger partial charge in [0.05, 0.1) is 37.7 Å². The van der Waals surface area contributed by atoms with Crippen LogP contribution in [0.1, 0.15) is 28.5 Å². The third kappa shape index (κ3) is 4.87. The molecule has 1 unspecified atom stereocenters. The molecule has 0 amide bonds. The zero-order valence-electron chi connectivity index (χ0n) is 22.0. The van der Waals surface area contributed by atoms with E-state index in [1.165, 1.54) is 14.2 Å². The fraction of sp³-hybridized carbons (Fsp3) is 0.182. The average Bonchev–Trinajstić information content (AvgIpc) is 2.97. The van der Waals surface area contributed by atoms with Crippen LogP contribution < -0.4 is 14.2 Å². The lowest BCUT2D eigenvalue weighted by Crippen LogP contribution is -2.52. The third-order valence-electron chi connectivity index (χ3n) is 7.50.